The molecule has 8 nitrogen and oxygen atoms in total. The van der Waals surface area contributed by atoms with Crippen LogP contribution in [0.1, 0.15) is 26.7 Å². The summed E-state index contributed by atoms with van der Waals surface area (Å²) in [6, 6.07) is 0. The van der Waals surface area contributed by atoms with Gasteiger partial charge in [0, 0.05) is 23.6 Å². The number of carbonyl (C=O) groups excluding carboxylic acids is 4. The van der Waals surface area contributed by atoms with Gasteiger partial charge in [0.1, 0.15) is 31.2 Å². The summed E-state index contributed by atoms with van der Waals surface area (Å²) in [6.07, 6.45) is 0.649. The topological polar surface area (TPSA) is 116 Å². The van der Waals surface area contributed by atoms with E-state index >= 15 is 0 Å². The van der Waals surface area contributed by atoms with Gasteiger partial charge in [-0.3, -0.25) is 9.59 Å². The minimum atomic E-state index is -1.49. The molecule has 1 heterocycles. The molecule has 1 saturated heterocycles. The molecule has 0 unspecified atom stereocenters. The Morgan fingerprint density at radius 1 is 1.38 bits per heavy atom. The number of aliphatic hydroxyl groups excluding tert-OH is 1. The third-order valence-electron chi connectivity index (χ3n) is 4.70. The van der Waals surface area contributed by atoms with Crippen LogP contribution in [0.25, 0.3) is 0 Å². The summed E-state index contributed by atoms with van der Waals surface area (Å²) >= 11 is 0. The summed E-state index contributed by atoms with van der Waals surface area (Å²) in [4.78, 5) is 47.0. The third kappa shape index (κ3) is 5.29. The number of hydrogen-bond acceptors (Lipinski definition) is 8. The molecule has 8 heteroatoms. The zero-order valence-corrected chi connectivity index (χ0v) is 16.4. The molecule has 0 saturated carbocycles. The van der Waals surface area contributed by atoms with Crippen LogP contribution in [0.5, 0.6) is 0 Å². The highest BCUT2D eigenvalue weighted by atomic mass is 16.6. The summed E-state index contributed by atoms with van der Waals surface area (Å²) < 4.78 is 15.8. The van der Waals surface area contributed by atoms with Gasteiger partial charge >= 0.3 is 17.9 Å². The van der Waals surface area contributed by atoms with Crippen molar-refractivity contribution in [2.24, 2.45) is 5.92 Å². The largest absolute Gasteiger partial charge is 0.461 e. The van der Waals surface area contributed by atoms with Gasteiger partial charge in [-0.05, 0) is 31.4 Å². The van der Waals surface area contributed by atoms with E-state index in [2.05, 4.69) is 13.2 Å². The van der Waals surface area contributed by atoms with Crippen molar-refractivity contribution in [2.45, 2.75) is 45.0 Å². The van der Waals surface area contributed by atoms with Crippen molar-refractivity contribution >= 4 is 24.2 Å². The molecule has 2 rings (SSSR count). The fourth-order valence-electron chi connectivity index (χ4n) is 3.17. The van der Waals surface area contributed by atoms with Gasteiger partial charge in [-0.15, -0.1) is 0 Å². The number of ether oxygens (including phenoxy) is 3. The second kappa shape index (κ2) is 9.47. The molecular formula is C21H24O8. The van der Waals surface area contributed by atoms with Gasteiger partial charge in [-0.25, -0.2) is 9.59 Å². The molecule has 0 aromatic carbocycles. The van der Waals surface area contributed by atoms with Crippen LogP contribution < -0.4 is 0 Å². The zero-order valence-electron chi connectivity index (χ0n) is 16.4. The lowest BCUT2D eigenvalue weighted by atomic mass is 9.83. The number of fused-ring (bicyclic) bond motifs is 1. The van der Waals surface area contributed by atoms with Crippen LogP contribution in [0, 0.1) is 5.92 Å². The fraction of sp³-hybridized carbons (Fsp3) is 0.429. The Morgan fingerprint density at radius 3 is 2.66 bits per heavy atom. The third-order valence-corrected chi connectivity index (χ3v) is 4.70. The Hall–Kier alpha value is -3.00. The quantitative estimate of drug-likeness (QED) is 0.240. The van der Waals surface area contributed by atoms with Crippen molar-refractivity contribution in [3.63, 3.8) is 0 Å². The average molecular weight is 404 g/mol. The molecular weight excluding hydrogens is 380 g/mol. The van der Waals surface area contributed by atoms with E-state index in [1.165, 1.54) is 19.9 Å². The number of allylic oxidation sites excluding steroid dienone is 1. The summed E-state index contributed by atoms with van der Waals surface area (Å²) in [5.74, 6) is -2.90. The molecule has 0 spiro atoms. The van der Waals surface area contributed by atoms with Crippen LogP contribution in [-0.4, -0.2) is 54.2 Å². The Balaban J connectivity index is 2.51. The molecule has 2 aliphatic rings. The van der Waals surface area contributed by atoms with Gasteiger partial charge in [0.15, 0.2) is 0 Å². The first-order chi connectivity index (χ1) is 13.6. The molecule has 29 heavy (non-hydrogen) atoms. The highest BCUT2D eigenvalue weighted by Crippen LogP contribution is 2.36. The molecule has 156 valence electrons. The lowest BCUT2D eigenvalue weighted by molar-refractivity contribution is -0.153. The van der Waals surface area contributed by atoms with Crippen LogP contribution in [0.3, 0.4) is 0 Å². The highest BCUT2D eigenvalue weighted by Gasteiger charge is 2.48. The predicted octanol–water partition coefficient (Wildman–Crippen LogP) is 1.34. The lowest BCUT2D eigenvalue weighted by Gasteiger charge is -2.30. The smallest absolute Gasteiger partial charge is 0.334 e. The molecule has 1 aliphatic heterocycles. The van der Waals surface area contributed by atoms with Crippen molar-refractivity contribution in [2.75, 3.05) is 6.61 Å². The maximum atomic E-state index is 12.2. The molecule has 0 amide bonds. The van der Waals surface area contributed by atoms with E-state index in [0.717, 1.165) is 0 Å². The Kier molecular flexibility index (Phi) is 7.28. The monoisotopic (exact) mass is 404 g/mol. The van der Waals surface area contributed by atoms with Crippen molar-refractivity contribution in [3.05, 3.63) is 47.6 Å². The molecule has 1 fully saturated rings. The van der Waals surface area contributed by atoms with Crippen molar-refractivity contribution in [1.82, 2.24) is 0 Å². The predicted molar refractivity (Wildman–Crippen MR) is 101 cm³/mol. The van der Waals surface area contributed by atoms with Gasteiger partial charge in [-0.1, -0.05) is 19.2 Å². The van der Waals surface area contributed by atoms with Gasteiger partial charge in [0.05, 0.1) is 5.92 Å². The number of esters is 3. The maximum Gasteiger partial charge on any atom is 0.334 e. The molecule has 0 bridgehead atoms. The summed E-state index contributed by atoms with van der Waals surface area (Å²) in [5, 5.41) is 10.8. The standard InChI is InChI=1S/C21H24O8/c1-11(2)20(25)29-19-17-12(3)21(26)28-16(17)8-14(10-27-13(4)23)6-5-7-15(9-22)18(19)24/h7-9,16-19,24H,1,3,5-6,10H2,2,4H3/b14-8+,15-7-/t16-,17+,18+,19+/m1/s1. The van der Waals surface area contributed by atoms with E-state index in [-0.39, 0.29) is 23.3 Å². The first-order valence-corrected chi connectivity index (χ1v) is 9.08. The minimum absolute atomic E-state index is 0.00229. The molecule has 1 N–H and O–H groups in total. The lowest BCUT2D eigenvalue weighted by Crippen LogP contribution is -2.43. The van der Waals surface area contributed by atoms with Crippen LogP contribution in [0.4, 0.5) is 0 Å². The van der Waals surface area contributed by atoms with Crippen LogP contribution in [-0.2, 0) is 33.4 Å². The average Bonchev–Trinajstić information content (AvgIpc) is 2.93. The maximum absolute atomic E-state index is 12.2. The van der Waals surface area contributed by atoms with Gasteiger partial charge in [0.2, 0.25) is 0 Å². The Bertz CT molecular complexity index is 803. The van der Waals surface area contributed by atoms with E-state index in [1.807, 2.05) is 0 Å². The van der Waals surface area contributed by atoms with E-state index < -0.39 is 42.1 Å². The van der Waals surface area contributed by atoms with Gasteiger partial charge in [-0.2, -0.15) is 0 Å². The fourth-order valence-corrected chi connectivity index (χ4v) is 3.17. The number of rotatable bonds is 5. The summed E-state index contributed by atoms with van der Waals surface area (Å²) in [7, 11) is 0. The molecule has 4 atom stereocenters. The molecule has 0 radical (unpaired) electrons. The normalized spacial score (nSPS) is 30.6. The van der Waals surface area contributed by atoms with Gasteiger partial charge < -0.3 is 19.3 Å². The first-order valence-electron chi connectivity index (χ1n) is 9.08. The Labute approximate surface area is 168 Å². The number of hydrogen-bond donors (Lipinski definition) is 1. The summed E-state index contributed by atoms with van der Waals surface area (Å²) in [6.45, 7) is 9.91. The number of carbonyl (C=O) groups is 4. The minimum Gasteiger partial charge on any atom is -0.461 e. The molecule has 1 aliphatic carbocycles. The SMILES string of the molecule is C=C(C)C(=O)O[C@H]1[C@H]2C(=C)C(=O)O[C@@H]2/C=C(/COC(C)=O)CC/C=C(/C=O)[C@@H]1O. The zero-order chi connectivity index (χ0) is 21.7. The van der Waals surface area contributed by atoms with Crippen LogP contribution in [0.15, 0.2) is 47.6 Å². The molecule has 0 aromatic heterocycles. The number of aldehydes is 1. The van der Waals surface area contributed by atoms with Crippen LogP contribution >= 0.6 is 0 Å². The van der Waals surface area contributed by atoms with E-state index in [0.29, 0.717) is 24.7 Å². The first kappa shape index (κ1) is 22.3. The van der Waals surface area contributed by atoms with E-state index in [1.54, 1.807) is 6.08 Å². The number of aliphatic hydroxyl groups is 1. The van der Waals surface area contributed by atoms with E-state index in [9.17, 15) is 24.3 Å². The second-order valence-electron chi connectivity index (χ2n) is 6.98. The van der Waals surface area contributed by atoms with E-state index in [4.69, 9.17) is 14.2 Å². The summed E-state index contributed by atoms with van der Waals surface area (Å²) in [5.41, 5.74) is 0.747. The Morgan fingerprint density at radius 2 is 2.07 bits per heavy atom. The van der Waals surface area contributed by atoms with Crippen LogP contribution in [0.2, 0.25) is 0 Å². The van der Waals surface area contributed by atoms with Crippen molar-refractivity contribution in [3.8, 4) is 0 Å². The second-order valence-corrected chi connectivity index (χ2v) is 6.98. The van der Waals surface area contributed by atoms with Crippen molar-refractivity contribution < 1.29 is 38.5 Å². The van der Waals surface area contributed by atoms with Crippen molar-refractivity contribution in [1.29, 1.82) is 0 Å². The highest BCUT2D eigenvalue weighted by molar-refractivity contribution is 5.92. The van der Waals surface area contributed by atoms with Gasteiger partial charge in [0.25, 0.3) is 0 Å². The molecule has 0 aromatic rings.